The van der Waals surface area contributed by atoms with E-state index in [2.05, 4.69) is 51.5 Å². The maximum Gasteiger partial charge on any atom is 0.178 e. The summed E-state index contributed by atoms with van der Waals surface area (Å²) in [4.78, 5) is 3.24. The molecule has 2 aromatic rings. The van der Waals surface area contributed by atoms with Crippen molar-refractivity contribution in [2.75, 3.05) is 6.61 Å². The normalized spacial score (nSPS) is 11.6. The van der Waals surface area contributed by atoms with E-state index in [1.807, 2.05) is 6.07 Å². The molecule has 5 heteroatoms. The van der Waals surface area contributed by atoms with Crippen LogP contribution in [0.4, 0.5) is 0 Å². The molecule has 0 radical (unpaired) electrons. The average molecular weight is 343 g/mol. The third-order valence-electron chi connectivity index (χ3n) is 2.96. The molecule has 2 rings (SSSR count). The standard InChI is InChI=1S/C14H19BrN2OS/c1-10(2)18-8-4-3-7-17-13-6-5-11(15)9-12(13)16-14(17)19/h5-6,9-10H,3-4,7-8H2,1-2H3,(H,16,19). The highest BCUT2D eigenvalue weighted by Crippen LogP contribution is 2.20. The monoisotopic (exact) mass is 342 g/mol. The van der Waals surface area contributed by atoms with Crippen LogP contribution in [0.15, 0.2) is 22.7 Å². The summed E-state index contributed by atoms with van der Waals surface area (Å²) in [6.07, 6.45) is 2.44. The number of ether oxygens (including phenoxy) is 1. The van der Waals surface area contributed by atoms with Crippen molar-refractivity contribution >= 4 is 39.2 Å². The van der Waals surface area contributed by atoms with Crippen LogP contribution < -0.4 is 0 Å². The first kappa shape index (κ1) is 14.8. The van der Waals surface area contributed by atoms with Gasteiger partial charge in [0.1, 0.15) is 0 Å². The van der Waals surface area contributed by atoms with Crippen LogP contribution in [-0.2, 0) is 11.3 Å². The number of fused-ring (bicyclic) bond motifs is 1. The maximum absolute atomic E-state index is 5.55. The second-order valence-electron chi connectivity index (χ2n) is 4.87. The highest BCUT2D eigenvalue weighted by Gasteiger charge is 2.04. The summed E-state index contributed by atoms with van der Waals surface area (Å²) in [6.45, 7) is 5.88. The average Bonchev–Trinajstić information content (AvgIpc) is 2.64. The Morgan fingerprint density at radius 3 is 2.89 bits per heavy atom. The van der Waals surface area contributed by atoms with Crippen molar-refractivity contribution in [3.05, 3.63) is 27.4 Å². The molecular weight excluding hydrogens is 324 g/mol. The smallest absolute Gasteiger partial charge is 0.178 e. The number of unbranched alkanes of at least 4 members (excludes halogenated alkanes) is 1. The number of nitrogens with zero attached hydrogens (tertiary/aromatic N) is 1. The largest absolute Gasteiger partial charge is 0.379 e. The Labute approximate surface area is 127 Å². The second kappa shape index (κ2) is 6.68. The zero-order valence-corrected chi connectivity index (χ0v) is 13.7. The SMILES string of the molecule is CC(C)OCCCCn1c(=S)[nH]c2cc(Br)ccc21. The van der Waals surface area contributed by atoms with E-state index < -0.39 is 0 Å². The molecule has 0 unspecified atom stereocenters. The Morgan fingerprint density at radius 1 is 1.37 bits per heavy atom. The van der Waals surface area contributed by atoms with Crippen LogP contribution in [0.5, 0.6) is 0 Å². The fourth-order valence-corrected chi connectivity index (χ4v) is 2.71. The number of nitrogens with one attached hydrogen (secondary N) is 1. The molecule has 1 aromatic heterocycles. The molecule has 0 saturated carbocycles. The van der Waals surface area contributed by atoms with Gasteiger partial charge in [-0.2, -0.15) is 0 Å². The molecule has 1 N–H and O–H groups in total. The molecule has 0 atom stereocenters. The van der Waals surface area contributed by atoms with Gasteiger partial charge in [-0.1, -0.05) is 15.9 Å². The number of hydrogen-bond acceptors (Lipinski definition) is 2. The van der Waals surface area contributed by atoms with E-state index >= 15 is 0 Å². The van der Waals surface area contributed by atoms with E-state index in [-0.39, 0.29) is 0 Å². The van der Waals surface area contributed by atoms with Gasteiger partial charge in [0.05, 0.1) is 17.1 Å². The van der Waals surface area contributed by atoms with Crippen LogP contribution in [0.2, 0.25) is 0 Å². The summed E-state index contributed by atoms with van der Waals surface area (Å²) in [5.41, 5.74) is 2.25. The Morgan fingerprint density at radius 2 is 2.16 bits per heavy atom. The lowest BCUT2D eigenvalue weighted by Gasteiger charge is -2.08. The molecule has 3 nitrogen and oxygen atoms in total. The molecule has 104 valence electrons. The molecule has 0 fully saturated rings. The molecule has 1 aromatic carbocycles. The van der Waals surface area contributed by atoms with Gasteiger partial charge in [-0.15, -0.1) is 0 Å². The number of imidazole rings is 1. The van der Waals surface area contributed by atoms with Gasteiger partial charge in [0.2, 0.25) is 0 Å². The summed E-state index contributed by atoms with van der Waals surface area (Å²) in [5, 5.41) is 0. The lowest BCUT2D eigenvalue weighted by Crippen LogP contribution is -2.05. The number of hydrogen-bond donors (Lipinski definition) is 1. The van der Waals surface area contributed by atoms with Crippen molar-refractivity contribution in [2.45, 2.75) is 39.3 Å². The van der Waals surface area contributed by atoms with Crippen molar-refractivity contribution in [3.8, 4) is 0 Å². The Bertz CT molecular complexity index is 603. The molecule has 0 amide bonds. The molecule has 0 aliphatic heterocycles. The topological polar surface area (TPSA) is 29.9 Å². The Kier molecular flexibility index (Phi) is 5.19. The van der Waals surface area contributed by atoms with Gasteiger partial charge in [-0.05, 0) is 57.1 Å². The maximum atomic E-state index is 5.55. The molecule has 0 spiro atoms. The van der Waals surface area contributed by atoms with E-state index in [9.17, 15) is 0 Å². The number of aromatic nitrogens is 2. The molecule has 0 aliphatic carbocycles. The van der Waals surface area contributed by atoms with E-state index in [0.29, 0.717) is 6.10 Å². The Balaban J connectivity index is 2.00. The lowest BCUT2D eigenvalue weighted by molar-refractivity contribution is 0.0755. The summed E-state index contributed by atoms with van der Waals surface area (Å²) in [5.74, 6) is 0. The highest BCUT2D eigenvalue weighted by molar-refractivity contribution is 9.10. The molecule has 0 aliphatic rings. The zero-order chi connectivity index (χ0) is 13.8. The van der Waals surface area contributed by atoms with Gasteiger partial charge in [0.25, 0.3) is 0 Å². The number of rotatable bonds is 6. The fourth-order valence-electron chi connectivity index (χ4n) is 2.05. The second-order valence-corrected chi connectivity index (χ2v) is 6.17. The van der Waals surface area contributed by atoms with Crippen LogP contribution in [0.3, 0.4) is 0 Å². The van der Waals surface area contributed by atoms with Gasteiger partial charge in [-0.25, -0.2) is 0 Å². The Hall–Kier alpha value is -0.650. The van der Waals surface area contributed by atoms with Gasteiger partial charge in [0, 0.05) is 17.6 Å². The molecule has 0 bridgehead atoms. The quantitative estimate of drug-likeness (QED) is 0.610. The van der Waals surface area contributed by atoms with Crippen molar-refractivity contribution in [1.82, 2.24) is 9.55 Å². The van der Waals surface area contributed by atoms with Gasteiger partial charge < -0.3 is 14.3 Å². The lowest BCUT2D eigenvalue weighted by atomic mass is 10.3. The van der Waals surface area contributed by atoms with Crippen LogP contribution in [0.1, 0.15) is 26.7 Å². The van der Waals surface area contributed by atoms with Crippen molar-refractivity contribution < 1.29 is 4.74 Å². The van der Waals surface area contributed by atoms with E-state index in [0.717, 1.165) is 46.3 Å². The third-order valence-corrected chi connectivity index (χ3v) is 3.78. The van der Waals surface area contributed by atoms with Crippen molar-refractivity contribution in [2.24, 2.45) is 0 Å². The van der Waals surface area contributed by atoms with E-state index in [1.54, 1.807) is 0 Å². The summed E-state index contributed by atoms with van der Waals surface area (Å²) >= 11 is 8.85. The molecular formula is C14H19BrN2OS. The summed E-state index contributed by atoms with van der Waals surface area (Å²) in [7, 11) is 0. The first-order valence-electron chi connectivity index (χ1n) is 6.57. The molecule has 19 heavy (non-hydrogen) atoms. The zero-order valence-electron chi connectivity index (χ0n) is 11.3. The van der Waals surface area contributed by atoms with Crippen molar-refractivity contribution in [1.29, 1.82) is 0 Å². The van der Waals surface area contributed by atoms with Crippen LogP contribution in [0.25, 0.3) is 11.0 Å². The first-order chi connectivity index (χ1) is 9.08. The number of H-pyrrole nitrogens is 1. The van der Waals surface area contributed by atoms with E-state index in [4.69, 9.17) is 17.0 Å². The van der Waals surface area contributed by atoms with Crippen molar-refractivity contribution in [3.63, 3.8) is 0 Å². The number of halogens is 1. The minimum absolute atomic E-state index is 0.313. The predicted molar refractivity (Wildman–Crippen MR) is 85.1 cm³/mol. The minimum atomic E-state index is 0.313. The molecule has 1 heterocycles. The number of benzene rings is 1. The minimum Gasteiger partial charge on any atom is -0.379 e. The summed E-state index contributed by atoms with van der Waals surface area (Å²) in [6, 6.07) is 6.20. The fraction of sp³-hybridized carbons (Fsp3) is 0.500. The first-order valence-corrected chi connectivity index (χ1v) is 7.77. The van der Waals surface area contributed by atoms with Gasteiger partial charge in [-0.3, -0.25) is 0 Å². The van der Waals surface area contributed by atoms with Crippen LogP contribution in [0, 0.1) is 4.77 Å². The number of aryl methyl sites for hydroxylation is 1. The molecule has 0 saturated heterocycles. The number of aromatic amines is 1. The summed E-state index contributed by atoms with van der Waals surface area (Å²) < 4.78 is 9.56. The van der Waals surface area contributed by atoms with Gasteiger partial charge in [0.15, 0.2) is 4.77 Å². The van der Waals surface area contributed by atoms with E-state index in [1.165, 1.54) is 0 Å². The highest BCUT2D eigenvalue weighted by atomic mass is 79.9. The predicted octanol–water partition coefficient (Wildman–Crippen LogP) is 4.67. The van der Waals surface area contributed by atoms with Crippen LogP contribution in [-0.4, -0.2) is 22.3 Å². The third kappa shape index (κ3) is 3.91. The van der Waals surface area contributed by atoms with Crippen LogP contribution >= 0.6 is 28.1 Å². The van der Waals surface area contributed by atoms with Gasteiger partial charge >= 0.3 is 0 Å².